The molecule has 0 radical (unpaired) electrons. The molecule has 1 saturated heterocycles. The van der Waals surface area contributed by atoms with Crippen LogP contribution in [0.25, 0.3) is 0 Å². The lowest BCUT2D eigenvalue weighted by Crippen LogP contribution is -2.81. The molecule has 4 aliphatic rings. The molecule has 1 saturated carbocycles. The largest absolute Gasteiger partial charge is 0.497 e. The van der Waals surface area contributed by atoms with E-state index in [1.54, 1.807) is 14.2 Å². The van der Waals surface area contributed by atoms with Crippen LogP contribution in [-0.4, -0.2) is 85.6 Å². The molecule has 1 spiro atoms. The number of methoxy groups -OCH3 is 1. The number of halogens is 3. The van der Waals surface area contributed by atoms with Crippen LogP contribution in [0.3, 0.4) is 0 Å². The normalized spacial score (nSPS) is 36.0. The Morgan fingerprint density at radius 2 is 2.00 bits per heavy atom. The van der Waals surface area contributed by atoms with Crippen molar-refractivity contribution >= 4 is 17.6 Å². The number of nitrogens with zero attached hydrogens (tertiary/aromatic N) is 2. The molecule has 1 aliphatic carbocycles. The van der Waals surface area contributed by atoms with Crippen molar-refractivity contribution in [3.8, 4) is 5.75 Å². The van der Waals surface area contributed by atoms with Gasteiger partial charge < -0.3 is 24.8 Å². The number of nitrogens with one attached hydrogen (secondary N) is 1. The second kappa shape index (κ2) is 8.36. The standard InChI is InChI=1S/C26H32F3N3O5/c1-5-23-9-6-11-32-12-10-24(19(23)32)17-8-7-16(36-4)13-18(17)31(3)20(24)25(35,21(23)37-15(2)33)14-30-22(34)26(27,28)29/h6-9,13,19-21,35H,5,10-12,14H2,1-4H3,(H,30,34)/t19?,20-,21-,23-,24-,25?/m1/s1. The molecule has 1 amide bonds. The molecule has 5 rings (SSSR count). The molecule has 202 valence electrons. The number of fused-ring (bicyclic) bond motifs is 1. The van der Waals surface area contributed by atoms with E-state index in [0.29, 0.717) is 31.7 Å². The molecular weight excluding hydrogens is 491 g/mol. The first-order valence-electron chi connectivity index (χ1n) is 12.4. The summed E-state index contributed by atoms with van der Waals surface area (Å²) in [6.07, 6.45) is -1.31. The highest BCUT2D eigenvalue weighted by atomic mass is 19.4. The van der Waals surface area contributed by atoms with Crippen LogP contribution in [0.5, 0.6) is 5.75 Å². The Hall–Kier alpha value is -2.79. The number of benzene rings is 1. The Labute approximate surface area is 213 Å². The molecule has 1 aromatic rings. The number of hydrogen-bond acceptors (Lipinski definition) is 7. The Balaban J connectivity index is 1.76. The fourth-order valence-corrected chi connectivity index (χ4v) is 7.97. The van der Waals surface area contributed by atoms with Gasteiger partial charge in [0, 0.05) is 49.1 Å². The van der Waals surface area contributed by atoms with Crippen LogP contribution in [0.2, 0.25) is 0 Å². The maximum atomic E-state index is 13.2. The zero-order chi connectivity index (χ0) is 27.0. The number of anilines is 1. The molecule has 0 bridgehead atoms. The van der Waals surface area contributed by atoms with E-state index in [-0.39, 0.29) is 6.04 Å². The number of rotatable bonds is 5. The number of likely N-dealkylation sites (N-methyl/N-ethyl adjacent to an activating group) is 1. The smallest absolute Gasteiger partial charge is 0.471 e. The van der Waals surface area contributed by atoms with Crippen molar-refractivity contribution < 1.29 is 37.3 Å². The Bertz CT molecular complexity index is 1160. The van der Waals surface area contributed by atoms with Crippen molar-refractivity contribution in [1.29, 1.82) is 0 Å². The molecule has 2 N–H and O–H groups in total. The number of carbonyl (C=O) groups excluding carboxylic acids is 2. The van der Waals surface area contributed by atoms with Crippen molar-refractivity contribution in [2.45, 2.75) is 62.1 Å². The van der Waals surface area contributed by atoms with Crippen molar-refractivity contribution in [2.75, 3.05) is 38.7 Å². The highest BCUT2D eigenvalue weighted by Crippen LogP contribution is 2.67. The van der Waals surface area contributed by atoms with E-state index in [9.17, 15) is 27.9 Å². The van der Waals surface area contributed by atoms with Gasteiger partial charge in [-0.25, -0.2) is 0 Å². The van der Waals surface area contributed by atoms with Crippen molar-refractivity contribution in [3.63, 3.8) is 0 Å². The van der Waals surface area contributed by atoms with Gasteiger partial charge >= 0.3 is 18.1 Å². The Morgan fingerprint density at radius 3 is 2.62 bits per heavy atom. The summed E-state index contributed by atoms with van der Waals surface area (Å²) in [7, 11) is 3.33. The van der Waals surface area contributed by atoms with Gasteiger partial charge in [-0.1, -0.05) is 25.1 Å². The SMILES string of the molecule is CC[C@]12C=CCN3CC[C@@]4(c5ccc(OC)cc5N(C)[C@H]4C(O)(CNC(=O)C(F)(F)F)[C@@H]1OC(C)=O)C32. The molecule has 1 aromatic carbocycles. The fraction of sp³-hybridized carbons (Fsp3) is 0.615. The molecule has 37 heavy (non-hydrogen) atoms. The zero-order valence-electron chi connectivity index (χ0n) is 21.3. The van der Waals surface area contributed by atoms with Crippen LogP contribution in [-0.2, 0) is 19.7 Å². The Morgan fingerprint density at radius 1 is 1.27 bits per heavy atom. The van der Waals surface area contributed by atoms with E-state index in [1.807, 2.05) is 47.5 Å². The van der Waals surface area contributed by atoms with E-state index in [2.05, 4.69) is 4.90 Å². The van der Waals surface area contributed by atoms with Crippen LogP contribution >= 0.6 is 0 Å². The third kappa shape index (κ3) is 3.35. The monoisotopic (exact) mass is 523 g/mol. The molecule has 2 unspecified atom stereocenters. The van der Waals surface area contributed by atoms with Gasteiger partial charge in [-0.15, -0.1) is 0 Å². The molecule has 6 atom stereocenters. The number of esters is 1. The summed E-state index contributed by atoms with van der Waals surface area (Å²) in [6, 6.07) is 4.68. The van der Waals surface area contributed by atoms with Gasteiger partial charge in [0.05, 0.1) is 19.7 Å². The molecule has 3 aliphatic heterocycles. The number of hydrogen-bond donors (Lipinski definition) is 2. The van der Waals surface area contributed by atoms with Gasteiger partial charge in [-0.2, -0.15) is 13.2 Å². The summed E-state index contributed by atoms with van der Waals surface area (Å²) >= 11 is 0. The van der Waals surface area contributed by atoms with E-state index >= 15 is 0 Å². The third-order valence-corrected chi connectivity index (χ3v) is 9.01. The molecule has 2 fully saturated rings. The molecule has 8 nitrogen and oxygen atoms in total. The average molecular weight is 524 g/mol. The van der Waals surface area contributed by atoms with Gasteiger partial charge in [0.25, 0.3) is 0 Å². The number of aliphatic hydroxyl groups is 1. The van der Waals surface area contributed by atoms with Crippen molar-refractivity contribution in [3.05, 3.63) is 35.9 Å². The predicted molar refractivity (Wildman–Crippen MR) is 128 cm³/mol. The van der Waals surface area contributed by atoms with Gasteiger partial charge in [0.15, 0.2) is 0 Å². The highest BCUT2D eigenvalue weighted by Gasteiger charge is 2.77. The number of ether oxygens (including phenoxy) is 2. The molecular formula is C26H32F3N3O5. The van der Waals surface area contributed by atoms with Crippen LogP contribution < -0.4 is 15.0 Å². The molecule has 11 heteroatoms. The fourth-order valence-electron chi connectivity index (χ4n) is 7.97. The van der Waals surface area contributed by atoms with E-state index in [4.69, 9.17) is 9.47 Å². The molecule has 0 aromatic heterocycles. The van der Waals surface area contributed by atoms with Crippen LogP contribution in [0.15, 0.2) is 30.4 Å². The lowest BCUT2D eigenvalue weighted by atomic mass is 9.47. The van der Waals surface area contributed by atoms with E-state index < -0.39 is 53.2 Å². The summed E-state index contributed by atoms with van der Waals surface area (Å²) in [5.74, 6) is -2.21. The first-order valence-corrected chi connectivity index (χ1v) is 12.4. The topological polar surface area (TPSA) is 91.3 Å². The number of carbonyl (C=O) groups is 2. The van der Waals surface area contributed by atoms with Crippen molar-refractivity contribution in [1.82, 2.24) is 10.2 Å². The maximum absolute atomic E-state index is 13.2. The first kappa shape index (κ1) is 25.8. The third-order valence-electron chi connectivity index (χ3n) is 9.01. The first-order chi connectivity index (χ1) is 17.4. The minimum atomic E-state index is -5.13. The lowest BCUT2D eigenvalue weighted by Gasteiger charge is -2.64. The molecule has 3 heterocycles. The Kier molecular flexibility index (Phi) is 5.84. The summed E-state index contributed by atoms with van der Waals surface area (Å²) < 4.78 is 51.0. The van der Waals surface area contributed by atoms with Crippen LogP contribution in [0.1, 0.15) is 32.3 Å². The maximum Gasteiger partial charge on any atom is 0.471 e. The average Bonchev–Trinajstić information content (AvgIpc) is 3.36. The second-order valence-electron chi connectivity index (χ2n) is 10.6. The van der Waals surface area contributed by atoms with Crippen LogP contribution in [0, 0.1) is 5.41 Å². The van der Waals surface area contributed by atoms with E-state index in [0.717, 1.165) is 11.3 Å². The quantitative estimate of drug-likeness (QED) is 0.452. The predicted octanol–water partition coefficient (Wildman–Crippen LogP) is 2.15. The lowest BCUT2D eigenvalue weighted by molar-refractivity contribution is -0.219. The summed E-state index contributed by atoms with van der Waals surface area (Å²) in [5, 5.41) is 14.5. The minimum Gasteiger partial charge on any atom is -0.497 e. The number of amides is 1. The second-order valence-corrected chi connectivity index (χ2v) is 10.6. The van der Waals surface area contributed by atoms with Crippen LogP contribution in [0.4, 0.5) is 18.9 Å². The zero-order valence-corrected chi connectivity index (χ0v) is 21.3. The van der Waals surface area contributed by atoms with E-state index in [1.165, 1.54) is 6.92 Å². The summed E-state index contributed by atoms with van der Waals surface area (Å²) in [5.41, 5.74) is -1.92. The summed E-state index contributed by atoms with van der Waals surface area (Å²) in [4.78, 5) is 28.5. The van der Waals surface area contributed by atoms with Gasteiger partial charge in [0.2, 0.25) is 0 Å². The van der Waals surface area contributed by atoms with Gasteiger partial charge in [-0.05, 0) is 31.0 Å². The van der Waals surface area contributed by atoms with Gasteiger partial charge in [0.1, 0.15) is 17.5 Å². The number of alkyl halides is 3. The highest BCUT2D eigenvalue weighted by molar-refractivity contribution is 5.82. The summed E-state index contributed by atoms with van der Waals surface area (Å²) in [6.45, 7) is 3.78. The van der Waals surface area contributed by atoms with Crippen molar-refractivity contribution in [2.24, 2.45) is 5.41 Å². The minimum absolute atomic E-state index is 0.194. The van der Waals surface area contributed by atoms with Gasteiger partial charge in [-0.3, -0.25) is 14.5 Å².